The number of allylic oxidation sites excluding steroid dienone is 2. The molecule has 0 aromatic heterocycles. The summed E-state index contributed by atoms with van der Waals surface area (Å²) in [6.07, 6.45) is 1.35. The highest BCUT2D eigenvalue weighted by Gasteiger charge is 2.15. The van der Waals surface area contributed by atoms with Crippen molar-refractivity contribution in [2.75, 3.05) is 5.32 Å². The van der Waals surface area contributed by atoms with E-state index in [1.165, 1.54) is 6.08 Å². The van der Waals surface area contributed by atoms with Crippen molar-refractivity contribution in [1.82, 2.24) is 0 Å². The van der Waals surface area contributed by atoms with Crippen molar-refractivity contribution in [2.24, 2.45) is 0 Å². The topological polar surface area (TPSA) is 46.2 Å². The summed E-state index contributed by atoms with van der Waals surface area (Å²) >= 11 is 3.38. The van der Waals surface area contributed by atoms with Crippen LogP contribution in [0, 0.1) is 0 Å². The van der Waals surface area contributed by atoms with Crippen molar-refractivity contribution >= 4 is 33.2 Å². The van der Waals surface area contributed by atoms with E-state index < -0.39 is 0 Å². The lowest BCUT2D eigenvalue weighted by Gasteiger charge is -2.11. The predicted molar refractivity (Wildman–Crippen MR) is 107 cm³/mol. The molecule has 0 aliphatic heterocycles. The number of nitrogens with one attached hydrogen (secondary N) is 1. The van der Waals surface area contributed by atoms with Crippen LogP contribution in [0.3, 0.4) is 0 Å². The first kappa shape index (κ1) is 17.8. The molecular weight excluding hydrogens is 390 g/mol. The van der Waals surface area contributed by atoms with Crippen LogP contribution in [-0.4, -0.2) is 11.6 Å². The van der Waals surface area contributed by atoms with E-state index in [0.29, 0.717) is 11.1 Å². The number of benzene rings is 3. The summed E-state index contributed by atoms with van der Waals surface area (Å²) in [7, 11) is 0. The number of carbonyl (C=O) groups excluding carboxylic acids is 2. The summed E-state index contributed by atoms with van der Waals surface area (Å²) in [5, 5.41) is 3.08. The molecule has 0 unspecified atom stereocenters. The molecule has 0 spiro atoms. The first-order valence-corrected chi connectivity index (χ1v) is 8.86. The number of rotatable bonds is 6. The van der Waals surface area contributed by atoms with Gasteiger partial charge in [-0.15, -0.1) is 0 Å². The molecule has 0 bridgehead atoms. The van der Waals surface area contributed by atoms with Crippen LogP contribution in [0.1, 0.15) is 20.7 Å². The minimum absolute atomic E-state index is 0.227. The molecule has 3 rings (SSSR count). The van der Waals surface area contributed by atoms with Gasteiger partial charge in [-0.25, -0.2) is 0 Å². The molecule has 4 heteroatoms. The molecule has 0 radical (unpaired) electrons. The summed E-state index contributed by atoms with van der Waals surface area (Å²) in [4.78, 5) is 25.4. The zero-order valence-electron chi connectivity index (χ0n) is 13.9. The number of anilines is 1. The third-order valence-electron chi connectivity index (χ3n) is 3.74. The van der Waals surface area contributed by atoms with Crippen molar-refractivity contribution in [3.63, 3.8) is 0 Å². The lowest BCUT2D eigenvalue weighted by Crippen LogP contribution is -2.14. The van der Waals surface area contributed by atoms with E-state index in [4.69, 9.17) is 0 Å². The lowest BCUT2D eigenvalue weighted by atomic mass is 10.0. The number of carbonyl (C=O) groups is 2. The molecule has 26 heavy (non-hydrogen) atoms. The van der Waals surface area contributed by atoms with Crippen LogP contribution in [0.5, 0.6) is 0 Å². The number of Topliss-reactive ketones (excluding diaryl/α,β-unsaturated/α-hetero) is 1. The maximum Gasteiger partial charge on any atom is 0.209 e. The molecule has 128 valence electrons. The van der Waals surface area contributed by atoms with Crippen LogP contribution in [0.25, 0.3) is 0 Å². The maximum atomic E-state index is 12.9. The van der Waals surface area contributed by atoms with E-state index in [2.05, 4.69) is 21.2 Å². The average Bonchev–Trinajstić information content (AvgIpc) is 2.70. The predicted octanol–water partition coefficient (Wildman–Crippen LogP) is 5.51. The van der Waals surface area contributed by atoms with Crippen LogP contribution in [0.2, 0.25) is 0 Å². The van der Waals surface area contributed by atoms with Crippen molar-refractivity contribution in [3.8, 4) is 0 Å². The zero-order chi connectivity index (χ0) is 18.4. The van der Waals surface area contributed by atoms with E-state index in [0.717, 1.165) is 10.2 Å². The van der Waals surface area contributed by atoms with E-state index in [1.807, 2.05) is 36.4 Å². The zero-order valence-corrected chi connectivity index (χ0v) is 15.4. The second-order valence-electron chi connectivity index (χ2n) is 5.62. The third kappa shape index (κ3) is 4.55. The van der Waals surface area contributed by atoms with Crippen molar-refractivity contribution in [3.05, 3.63) is 112 Å². The lowest BCUT2D eigenvalue weighted by molar-refractivity contribution is 0.101. The fourth-order valence-electron chi connectivity index (χ4n) is 2.41. The number of hydrogen-bond acceptors (Lipinski definition) is 3. The summed E-state index contributed by atoms with van der Waals surface area (Å²) in [6.45, 7) is 0. The largest absolute Gasteiger partial charge is 0.352 e. The molecule has 0 heterocycles. The van der Waals surface area contributed by atoms with E-state index in [9.17, 15) is 9.59 Å². The SMILES string of the molecule is O=C(/C=C(\Nc1ccc(Br)cc1)C(=O)c1ccccc1)c1ccccc1. The van der Waals surface area contributed by atoms with Gasteiger partial charge in [0.1, 0.15) is 0 Å². The van der Waals surface area contributed by atoms with Gasteiger partial charge in [-0.1, -0.05) is 76.6 Å². The Hall–Kier alpha value is -2.98. The molecule has 1 N–H and O–H groups in total. The van der Waals surface area contributed by atoms with Crippen molar-refractivity contribution in [2.45, 2.75) is 0 Å². The Bertz CT molecular complexity index is 933. The second kappa shape index (κ2) is 8.41. The van der Waals surface area contributed by atoms with E-state index >= 15 is 0 Å². The van der Waals surface area contributed by atoms with Gasteiger partial charge in [0, 0.05) is 27.4 Å². The van der Waals surface area contributed by atoms with Gasteiger partial charge >= 0.3 is 0 Å². The van der Waals surface area contributed by atoms with Crippen LogP contribution in [0.4, 0.5) is 5.69 Å². The van der Waals surface area contributed by atoms with Crippen LogP contribution in [0.15, 0.2) is 101 Å². The van der Waals surface area contributed by atoms with Gasteiger partial charge in [-0.3, -0.25) is 9.59 Å². The fraction of sp³-hybridized carbons (Fsp3) is 0. The smallest absolute Gasteiger partial charge is 0.209 e. The molecule has 0 saturated heterocycles. The van der Waals surface area contributed by atoms with E-state index in [1.54, 1.807) is 48.5 Å². The van der Waals surface area contributed by atoms with Gasteiger partial charge in [0.15, 0.2) is 5.78 Å². The summed E-state index contributed by atoms with van der Waals surface area (Å²) in [5.41, 5.74) is 2.00. The number of ketones is 2. The maximum absolute atomic E-state index is 12.9. The standard InChI is InChI=1S/C22H16BrNO2/c23-18-11-13-19(14-12-18)24-20(22(26)17-9-5-2-6-10-17)15-21(25)16-7-3-1-4-8-16/h1-15,24H/b20-15-. The molecule has 0 fully saturated rings. The summed E-state index contributed by atoms with van der Waals surface area (Å²) in [5.74, 6) is -0.465. The van der Waals surface area contributed by atoms with E-state index in [-0.39, 0.29) is 17.3 Å². The normalized spacial score (nSPS) is 11.0. The fourth-order valence-corrected chi connectivity index (χ4v) is 2.67. The van der Waals surface area contributed by atoms with Gasteiger partial charge in [0.05, 0.1) is 5.70 Å². The molecule has 3 nitrogen and oxygen atoms in total. The first-order valence-electron chi connectivity index (χ1n) is 8.07. The highest BCUT2D eigenvalue weighted by atomic mass is 79.9. The monoisotopic (exact) mass is 405 g/mol. The molecule has 3 aromatic rings. The molecule has 3 aromatic carbocycles. The molecular formula is C22H16BrNO2. The molecule has 0 atom stereocenters. The Labute approximate surface area is 160 Å². The van der Waals surface area contributed by atoms with Crippen molar-refractivity contribution < 1.29 is 9.59 Å². The Morgan fingerprint density at radius 3 is 1.85 bits per heavy atom. The summed E-state index contributed by atoms with van der Waals surface area (Å²) in [6, 6.07) is 25.2. The Balaban J connectivity index is 1.95. The highest BCUT2D eigenvalue weighted by molar-refractivity contribution is 9.10. The van der Waals surface area contributed by atoms with Gasteiger partial charge in [-0.05, 0) is 24.3 Å². The Kier molecular flexibility index (Phi) is 5.77. The highest BCUT2D eigenvalue weighted by Crippen LogP contribution is 2.18. The molecule has 0 aliphatic rings. The molecule has 0 saturated carbocycles. The molecule has 0 amide bonds. The van der Waals surface area contributed by atoms with Gasteiger partial charge in [-0.2, -0.15) is 0 Å². The molecule has 0 aliphatic carbocycles. The van der Waals surface area contributed by atoms with Crippen LogP contribution < -0.4 is 5.32 Å². The minimum atomic E-state index is -0.238. The van der Waals surface area contributed by atoms with Gasteiger partial charge in [0.2, 0.25) is 5.78 Å². The number of halogens is 1. The second-order valence-corrected chi connectivity index (χ2v) is 6.53. The quantitative estimate of drug-likeness (QED) is 0.434. The van der Waals surface area contributed by atoms with Gasteiger partial charge < -0.3 is 5.32 Å². The summed E-state index contributed by atoms with van der Waals surface area (Å²) < 4.78 is 0.934. The third-order valence-corrected chi connectivity index (χ3v) is 4.27. The number of hydrogen-bond donors (Lipinski definition) is 1. The minimum Gasteiger partial charge on any atom is -0.352 e. The van der Waals surface area contributed by atoms with Crippen LogP contribution in [-0.2, 0) is 0 Å². The van der Waals surface area contributed by atoms with Crippen molar-refractivity contribution in [1.29, 1.82) is 0 Å². The Morgan fingerprint density at radius 2 is 1.27 bits per heavy atom. The van der Waals surface area contributed by atoms with Gasteiger partial charge in [0.25, 0.3) is 0 Å². The van der Waals surface area contributed by atoms with Crippen LogP contribution >= 0.6 is 15.9 Å². The first-order chi connectivity index (χ1) is 12.6. The average molecular weight is 406 g/mol. The Morgan fingerprint density at radius 1 is 0.731 bits per heavy atom.